The maximum Gasteiger partial charge on any atom is 0.190 e. The van der Waals surface area contributed by atoms with Crippen molar-refractivity contribution in [1.82, 2.24) is 0 Å². The van der Waals surface area contributed by atoms with E-state index in [0.29, 0.717) is 45.9 Å². The van der Waals surface area contributed by atoms with Gasteiger partial charge < -0.3 is 14.2 Å². The zero-order valence-corrected chi connectivity index (χ0v) is 15.2. The summed E-state index contributed by atoms with van der Waals surface area (Å²) in [4.78, 5) is 25.8. The van der Waals surface area contributed by atoms with Gasteiger partial charge in [-0.25, -0.2) is 0 Å². The fourth-order valence-electron chi connectivity index (χ4n) is 3.13. The third kappa shape index (κ3) is 2.96. The van der Waals surface area contributed by atoms with Crippen molar-refractivity contribution in [1.29, 1.82) is 0 Å². The van der Waals surface area contributed by atoms with Crippen molar-refractivity contribution in [3.8, 4) is 17.2 Å². The maximum atomic E-state index is 13.0. The Labute approximate surface area is 152 Å². The molecule has 3 rings (SSSR count). The molecule has 0 radical (unpaired) electrons. The minimum atomic E-state index is -0.157. The Hall–Kier alpha value is -3.08. The molecule has 0 heterocycles. The molecule has 5 heteroatoms. The van der Waals surface area contributed by atoms with Crippen LogP contribution in [0.2, 0.25) is 0 Å². The van der Waals surface area contributed by atoms with Gasteiger partial charge in [0.25, 0.3) is 0 Å². The van der Waals surface area contributed by atoms with Gasteiger partial charge in [0.15, 0.2) is 11.6 Å². The van der Waals surface area contributed by atoms with Crippen LogP contribution in [0.4, 0.5) is 0 Å². The molecule has 5 nitrogen and oxygen atoms in total. The number of fused-ring (bicyclic) bond motifs is 1. The Morgan fingerprint density at radius 2 is 1.42 bits per heavy atom. The van der Waals surface area contributed by atoms with Gasteiger partial charge in [-0.2, -0.15) is 0 Å². The number of carbonyl (C=O) groups is 2. The summed E-state index contributed by atoms with van der Waals surface area (Å²) in [6.07, 6.45) is 0.294. The molecule has 0 saturated carbocycles. The van der Waals surface area contributed by atoms with E-state index in [1.54, 1.807) is 51.5 Å². The molecule has 0 unspecified atom stereocenters. The first-order valence-electron chi connectivity index (χ1n) is 8.18. The summed E-state index contributed by atoms with van der Waals surface area (Å²) >= 11 is 0. The molecule has 26 heavy (non-hydrogen) atoms. The highest BCUT2D eigenvalue weighted by atomic mass is 16.5. The van der Waals surface area contributed by atoms with Crippen molar-refractivity contribution in [2.24, 2.45) is 0 Å². The Morgan fingerprint density at radius 3 is 2.08 bits per heavy atom. The second-order valence-corrected chi connectivity index (χ2v) is 6.03. The first-order chi connectivity index (χ1) is 12.5. The van der Waals surface area contributed by atoms with Crippen LogP contribution in [0.25, 0.3) is 0 Å². The molecule has 0 bridgehead atoms. The molecule has 0 amide bonds. The van der Waals surface area contributed by atoms with Crippen LogP contribution >= 0.6 is 0 Å². The van der Waals surface area contributed by atoms with E-state index in [9.17, 15) is 9.59 Å². The maximum absolute atomic E-state index is 13.0. The molecule has 134 valence electrons. The summed E-state index contributed by atoms with van der Waals surface area (Å²) < 4.78 is 15.8. The van der Waals surface area contributed by atoms with Crippen LogP contribution in [0.15, 0.2) is 47.5 Å². The van der Waals surface area contributed by atoms with Crippen LogP contribution < -0.4 is 14.2 Å². The quantitative estimate of drug-likeness (QED) is 0.822. The summed E-state index contributed by atoms with van der Waals surface area (Å²) in [6, 6.07) is 10.3. The smallest absolute Gasteiger partial charge is 0.190 e. The van der Waals surface area contributed by atoms with Gasteiger partial charge in [0, 0.05) is 34.3 Å². The van der Waals surface area contributed by atoms with E-state index in [1.807, 2.05) is 6.07 Å². The van der Waals surface area contributed by atoms with E-state index in [1.165, 1.54) is 7.11 Å². The van der Waals surface area contributed by atoms with Gasteiger partial charge in [-0.15, -0.1) is 0 Å². The summed E-state index contributed by atoms with van der Waals surface area (Å²) in [6.45, 7) is 1.69. The molecule has 1 aliphatic rings. The van der Waals surface area contributed by atoms with Crippen LogP contribution in [-0.2, 0) is 6.42 Å². The molecule has 0 N–H and O–H groups in total. The Kier molecular flexibility index (Phi) is 4.80. The number of rotatable bonds is 5. The number of Topliss-reactive ketones (excluding diaryl/α,β-unsaturated/α-hetero) is 2. The first-order valence-corrected chi connectivity index (χ1v) is 8.18. The van der Waals surface area contributed by atoms with Crippen molar-refractivity contribution >= 4 is 11.6 Å². The molecule has 2 aromatic carbocycles. The third-order valence-electron chi connectivity index (χ3n) is 4.64. The lowest BCUT2D eigenvalue weighted by Gasteiger charge is -2.20. The predicted molar refractivity (Wildman–Crippen MR) is 97.6 cm³/mol. The Morgan fingerprint density at radius 1 is 0.769 bits per heavy atom. The average Bonchev–Trinajstić information content (AvgIpc) is 2.68. The molecule has 0 fully saturated rings. The lowest BCUT2D eigenvalue weighted by Crippen LogP contribution is -2.22. The second kappa shape index (κ2) is 7.04. The van der Waals surface area contributed by atoms with Gasteiger partial charge in [0.05, 0.1) is 21.3 Å². The Balaban J connectivity index is 2.05. The van der Waals surface area contributed by atoms with Crippen molar-refractivity contribution in [3.05, 3.63) is 64.2 Å². The topological polar surface area (TPSA) is 61.8 Å². The van der Waals surface area contributed by atoms with E-state index >= 15 is 0 Å². The zero-order valence-electron chi connectivity index (χ0n) is 15.2. The largest absolute Gasteiger partial charge is 0.497 e. The van der Waals surface area contributed by atoms with Gasteiger partial charge in [-0.05, 0) is 43.3 Å². The summed E-state index contributed by atoms with van der Waals surface area (Å²) in [5, 5.41) is 0. The third-order valence-corrected chi connectivity index (χ3v) is 4.64. The van der Waals surface area contributed by atoms with E-state index < -0.39 is 0 Å². The minimum Gasteiger partial charge on any atom is -0.497 e. The van der Waals surface area contributed by atoms with Crippen molar-refractivity contribution < 1.29 is 23.8 Å². The van der Waals surface area contributed by atoms with E-state index in [2.05, 4.69) is 0 Å². The monoisotopic (exact) mass is 352 g/mol. The molecular formula is C21H20O5. The zero-order chi connectivity index (χ0) is 18.8. The van der Waals surface area contributed by atoms with E-state index in [0.717, 1.165) is 5.56 Å². The van der Waals surface area contributed by atoms with Crippen LogP contribution in [0.1, 0.15) is 33.2 Å². The number of hydrogen-bond acceptors (Lipinski definition) is 5. The van der Waals surface area contributed by atoms with Crippen LogP contribution in [0, 0.1) is 0 Å². The van der Waals surface area contributed by atoms with Crippen molar-refractivity contribution in [2.45, 2.75) is 13.3 Å². The highest BCUT2D eigenvalue weighted by Gasteiger charge is 2.30. The number of benzene rings is 2. The molecule has 0 aromatic heterocycles. The number of ether oxygens (including phenoxy) is 3. The summed E-state index contributed by atoms with van der Waals surface area (Å²) in [5.41, 5.74) is 2.49. The number of allylic oxidation sites excluding steroid dienone is 2. The molecular weight excluding hydrogens is 332 g/mol. The molecule has 0 saturated heterocycles. The van der Waals surface area contributed by atoms with Gasteiger partial charge in [0.2, 0.25) is 0 Å². The fraction of sp³-hybridized carbons (Fsp3) is 0.238. The highest BCUT2D eigenvalue weighted by molar-refractivity contribution is 6.27. The van der Waals surface area contributed by atoms with E-state index in [4.69, 9.17) is 14.2 Å². The van der Waals surface area contributed by atoms with Crippen LogP contribution in [-0.4, -0.2) is 32.9 Å². The molecule has 0 spiro atoms. The average molecular weight is 352 g/mol. The Bertz CT molecular complexity index is 924. The normalized spacial score (nSPS) is 13.5. The second-order valence-electron chi connectivity index (χ2n) is 6.03. The molecule has 0 aliphatic heterocycles. The summed E-state index contributed by atoms with van der Waals surface area (Å²) in [5.74, 6) is 1.56. The molecule has 1 aliphatic carbocycles. The van der Waals surface area contributed by atoms with Gasteiger partial charge in [0.1, 0.15) is 17.2 Å². The van der Waals surface area contributed by atoms with E-state index in [-0.39, 0.29) is 11.6 Å². The number of ketones is 2. The summed E-state index contributed by atoms with van der Waals surface area (Å²) in [7, 11) is 4.68. The van der Waals surface area contributed by atoms with Crippen LogP contribution in [0.3, 0.4) is 0 Å². The molecule has 0 atom stereocenters. The van der Waals surface area contributed by atoms with Crippen LogP contribution in [0.5, 0.6) is 17.2 Å². The van der Waals surface area contributed by atoms with Gasteiger partial charge in [-0.3, -0.25) is 9.59 Å². The van der Waals surface area contributed by atoms with Gasteiger partial charge in [-0.1, -0.05) is 0 Å². The van der Waals surface area contributed by atoms with Crippen molar-refractivity contribution in [3.63, 3.8) is 0 Å². The SMILES string of the molecule is COc1ccc(OC)c(CC2=C(C)C(=O)c3cc(OC)ccc3C2=O)c1. The lowest BCUT2D eigenvalue weighted by molar-refractivity contribution is 0.0972. The fourth-order valence-corrected chi connectivity index (χ4v) is 3.13. The van der Waals surface area contributed by atoms with Gasteiger partial charge >= 0.3 is 0 Å². The minimum absolute atomic E-state index is 0.148. The van der Waals surface area contributed by atoms with Crippen molar-refractivity contribution in [2.75, 3.05) is 21.3 Å². The number of methoxy groups -OCH3 is 3. The lowest BCUT2D eigenvalue weighted by atomic mass is 9.82. The first kappa shape index (κ1) is 17.7. The standard InChI is InChI=1S/C21H20O5/c1-12-17(10-13-9-14(24-2)6-8-19(13)26-4)21(23)16-7-5-15(25-3)11-18(16)20(12)22/h5-9,11H,10H2,1-4H3. The molecule has 2 aromatic rings. The number of carbonyl (C=O) groups excluding carboxylic acids is 2. The highest BCUT2D eigenvalue weighted by Crippen LogP contribution is 2.33. The predicted octanol–water partition coefficient (Wildman–Crippen LogP) is 3.65. The number of hydrogen-bond donors (Lipinski definition) is 0.